The molecule has 1 aliphatic rings. The fraction of sp³-hybridized carbons (Fsp3) is 0.357. The minimum atomic E-state index is 0.404. The first kappa shape index (κ1) is 12.8. The van der Waals surface area contributed by atoms with Gasteiger partial charge in [-0.25, -0.2) is 4.68 Å². The van der Waals surface area contributed by atoms with Crippen LogP contribution in [0.5, 0.6) is 0 Å². The Kier molecular flexibility index (Phi) is 3.19. The van der Waals surface area contributed by atoms with Crippen LogP contribution in [0.3, 0.4) is 0 Å². The smallest absolute Gasteiger partial charge is 0.133 e. The summed E-state index contributed by atoms with van der Waals surface area (Å²) >= 11 is 12.2. The van der Waals surface area contributed by atoms with Gasteiger partial charge in [-0.3, -0.25) is 0 Å². The molecule has 2 heterocycles. The maximum absolute atomic E-state index is 6.28. The monoisotopic (exact) mass is 295 g/mol. The molecular weight excluding hydrogens is 281 g/mol. The van der Waals surface area contributed by atoms with Gasteiger partial charge in [-0.1, -0.05) is 37.0 Å². The highest BCUT2D eigenvalue weighted by Gasteiger charge is 2.25. The van der Waals surface area contributed by atoms with Crippen molar-refractivity contribution < 1.29 is 0 Å². The zero-order valence-corrected chi connectivity index (χ0v) is 12.4. The molecule has 3 nitrogen and oxygen atoms in total. The molecule has 0 saturated heterocycles. The lowest BCUT2D eigenvalue weighted by molar-refractivity contribution is 0.756. The SMILES string of the molecule is CC(C)c1nn(-c2ccc(Cl)cc2Cl)c2c1CCN2. The van der Waals surface area contributed by atoms with Crippen LogP contribution in [0.1, 0.15) is 31.0 Å². The van der Waals surface area contributed by atoms with Crippen molar-refractivity contribution in [2.24, 2.45) is 0 Å². The Labute approximate surface area is 122 Å². The normalized spacial score (nSPS) is 13.7. The average Bonchev–Trinajstić information content (AvgIpc) is 2.90. The summed E-state index contributed by atoms with van der Waals surface area (Å²) < 4.78 is 1.90. The van der Waals surface area contributed by atoms with E-state index < -0.39 is 0 Å². The van der Waals surface area contributed by atoms with E-state index in [-0.39, 0.29) is 0 Å². The molecule has 100 valence electrons. The third-order valence-corrected chi connectivity index (χ3v) is 3.90. The molecule has 0 amide bonds. The summed E-state index contributed by atoms with van der Waals surface area (Å²) in [6.07, 6.45) is 1.02. The van der Waals surface area contributed by atoms with Crippen molar-refractivity contribution in [3.63, 3.8) is 0 Å². The standard InChI is InChI=1S/C14H15Cl2N3/c1-8(2)13-10-5-6-17-14(10)19(18-13)12-4-3-9(15)7-11(12)16/h3-4,7-8,17H,5-6H2,1-2H3. The minimum Gasteiger partial charge on any atom is -0.369 e. The third kappa shape index (κ3) is 2.11. The Balaban J connectivity index is 2.18. The number of anilines is 1. The van der Waals surface area contributed by atoms with Crippen molar-refractivity contribution in [1.29, 1.82) is 0 Å². The van der Waals surface area contributed by atoms with Crippen LogP contribution in [0.25, 0.3) is 5.69 Å². The molecule has 1 aromatic heterocycles. The molecule has 0 spiro atoms. The fourth-order valence-corrected chi connectivity index (χ4v) is 2.98. The van der Waals surface area contributed by atoms with E-state index in [9.17, 15) is 0 Å². The molecule has 0 radical (unpaired) electrons. The van der Waals surface area contributed by atoms with Gasteiger partial charge in [0.25, 0.3) is 0 Å². The van der Waals surface area contributed by atoms with E-state index in [4.69, 9.17) is 28.3 Å². The predicted molar refractivity (Wildman–Crippen MR) is 79.9 cm³/mol. The van der Waals surface area contributed by atoms with E-state index in [1.807, 2.05) is 16.8 Å². The lowest BCUT2D eigenvalue weighted by Gasteiger charge is -2.09. The van der Waals surface area contributed by atoms with Crippen molar-refractivity contribution in [3.8, 4) is 5.69 Å². The number of nitrogens with zero attached hydrogens (tertiary/aromatic N) is 2. The molecule has 0 bridgehead atoms. The first-order valence-corrected chi connectivity index (χ1v) is 7.14. The van der Waals surface area contributed by atoms with Crippen LogP contribution < -0.4 is 5.32 Å². The third-order valence-electron chi connectivity index (χ3n) is 3.37. The summed E-state index contributed by atoms with van der Waals surface area (Å²) in [5.41, 5.74) is 3.32. The van der Waals surface area contributed by atoms with Gasteiger partial charge in [-0.2, -0.15) is 5.10 Å². The lowest BCUT2D eigenvalue weighted by atomic mass is 10.1. The van der Waals surface area contributed by atoms with Crippen LogP contribution in [0.2, 0.25) is 10.0 Å². The van der Waals surface area contributed by atoms with E-state index in [1.165, 1.54) is 5.56 Å². The van der Waals surface area contributed by atoms with Gasteiger partial charge < -0.3 is 5.32 Å². The summed E-state index contributed by atoms with van der Waals surface area (Å²) in [6, 6.07) is 5.49. The van der Waals surface area contributed by atoms with Crippen LogP contribution >= 0.6 is 23.2 Å². The summed E-state index contributed by atoms with van der Waals surface area (Å²) in [6.45, 7) is 5.28. The minimum absolute atomic E-state index is 0.404. The largest absolute Gasteiger partial charge is 0.369 e. The number of hydrogen-bond donors (Lipinski definition) is 1. The second kappa shape index (κ2) is 4.73. The highest BCUT2D eigenvalue weighted by molar-refractivity contribution is 6.35. The molecule has 0 atom stereocenters. The molecule has 0 fully saturated rings. The molecule has 1 aromatic carbocycles. The van der Waals surface area contributed by atoms with Gasteiger partial charge in [0.1, 0.15) is 5.82 Å². The van der Waals surface area contributed by atoms with Crippen molar-refractivity contribution in [1.82, 2.24) is 9.78 Å². The first-order chi connectivity index (χ1) is 9.08. The van der Waals surface area contributed by atoms with Crippen LogP contribution in [-0.4, -0.2) is 16.3 Å². The summed E-state index contributed by atoms with van der Waals surface area (Å²) in [7, 11) is 0. The zero-order chi connectivity index (χ0) is 13.6. The Morgan fingerprint density at radius 3 is 2.79 bits per heavy atom. The molecule has 0 saturated carbocycles. The summed E-state index contributed by atoms with van der Waals surface area (Å²) in [5, 5.41) is 9.36. The van der Waals surface area contributed by atoms with E-state index in [0.29, 0.717) is 16.0 Å². The quantitative estimate of drug-likeness (QED) is 0.897. The number of hydrogen-bond acceptors (Lipinski definition) is 2. The van der Waals surface area contributed by atoms with Gasteiger partial charge in [0.2, 0.25) is 0 Å². The van der Waals surface area contributed by atoms with E-state index in [1.54, 1.807) is 6.07 Å². The molecule has 19 heavy (non-hydrogen) atoms. The maximum Gasteiger partial charge on any atom is 0.133 e. The molecule has 0 unspecified atom stereocenters. The predicted octanol–water partition coefficient (Wildman–Crippen LogP) is 4.27. The van der Waals surface area contributed by atoms with Crippen molar-refractivity contribution in [3.05, 3.63) is 39.5 Å². The van der Waals surface area contributed by atoms with Gasteiger partial charge in [0, 0.05) is 17.1 Å². The molecule has 1 N–H and O–H groups in total. The number of benzene rings is 1. The maximum atomic E-state index is 6.28. The van der Waals surface area contributed by atoms with E-state index >= 15 is 0 Å². The molecule has 0 aliphatic carbocycles. The number of nitrogens with one attached hydrogen (secondary N) is 1. The van der Waals surface area contributed by atoms with Crippen LogP contribution in [0.15, 0.2) is 18.2 Å². The van der Waals surface area contributed by atoms with Gasteiger partial charge in [0.05, 0.1) is 16.4 Å². The lowest BCUT2D eigenvalue weighted by Crippen LogP contribution is -2.05. The van der Waals surface area contributed by atoms with Crippen molar-refractivity contribution in [2.45, 2.75) is 26.2 Å². The van der Waals surface area contributed by atoms with Crippen molar-refractivity contribution in [2.75, 3.05) is 11.9 Å². The highest BCUT2D eigenvalue weighted by Crippen LogP contribution is 2.34. The molecule has 3 rings (SSSR count). The second-order valence-electron chi connectivity index (χ2n) is 5.05. The Morgan fingerprint density at radius 1 is 1.32 bits per heavy atom. The summed E-state index contributed by atoms with van der Waals surface area (Å²) in [5.74, 6) is 1.47. The van der Waals surface area contributed by atoms with Crippen LogP contribution in [-0.2, 0) is 6.42 Å². The second-order valence-corrected chi connectivity index (χ2v) is 5.90. The van der Waals surface area contributed by atoms with Crippen molar-refractivity contribution >= 4 is 29.0 Å². The Morgan fingerprint density at radius 2 is 2.11 bits per heavy atom. The van der Waals surface area contributed by atoms with Gasteiger partial charge in [-0.15, -0.1) is 0 Å². The Bertz CT molecular complexity index is 632. The van der Waals surface area contributed by atoms with E-state index in [0.717, 1.165) is 30.2 Å². The molecular formula is C14H15Cl2N3. The van der Waals surface area contributed by atoms with Crippen LogP contribution in [0, 0.1) is 0 Å². The van der Waals surface area contributed by atoms with Crippen LogP contribution in [0.4, 0.5) is 5.82 Å². The summed E-state index contributed by atoms with van der Waals surface area (Å²) in [4.78, 5) is 0. The zero-order valence-electron chi connectivity index (χ0n) is 10.9. The van der Waals surface area contributed by atoms with E-state index in [2.05, 4.69) is 19.2 Å². The topological polar surface area (TPSA) is 29.9 Å². The highest BCUT2D eigenvalue weighted by atomic mass is 35.5. The molecule has 2 aromatic rings. The average molecular weight is 296 g/mol. The number of rotatable bonds is 2. The van der Waals surface area contributed by atoms with Gasteiger partial charge in [-0.05, 0) is 30.5 Å². The number of halogens is 2. The first-order valence-electron chi connectivity index (χ1n) is 6.39. The van der Waals surface area contributed by atoms with Gasteiger partial charge in [0.15, 0.2) is 0 Å². The number of fused-ring (bicyclic) bond motifs is 1. The molecule has 1 aliphatic heterocycles. The van der Waals surface area contributed by atoms with Gasteiger partial charge >= 0.3 is 0 Å². The Hall–Kier alpha value is -1.19. The fourth-order valence-electron chi connectivity index (χ4n) is 2.49. The molecule has 5 heteroatoms. The number of aromatic nitrogens is 2.